The Kier molecular flexibility index (Phi) is 5.73. The van der Waals surface area contributed by atoms with E-state index in [-0.39, 0.29) is 17.1 Å². The van der Waals surface area contributed by atoms with E-state index in [1.807, 2.05) is 11.6 Å². The fourth-order valence-electron chi connectivity index (χ4n) is 4.70. The fourth-order valence-corrected chi connectivity index (χ4v) is 4.70. The number of tetrazole rings is 1. The van der Waals surface area contributed by atoms with E-state index in [9.17, 15) is 4.79 Å². The number of piperidine rings is 1. The average Bonchev–Trinajstić information content (AvgIpc) is 3.22. The summed E-state index contributed by atoms with van der Waals surface area (Å²) in [6.45, 7) is 14.7. The molecule has 1 aromatic carbocycles. The third-order valence-electron chi connectivity index (χ3n) is 7.00. The van der Waals surface area contributed by atoms with Gasteiger partial charge in [-0.15, -0.1) is 5.10 Å². The Bertz CT molecular complexity index is 1140. The number of hydrogen-bond donors (Lipinski definition) is 1. The molecule has 2 atom stereocenters. The first-order valence-corrected chi connectivity index (χ1v) is 11.4. The number of hydrogen-bond acceptors (Lipinski definition) is 5. The van der Waals surface area contributed by atoms with Gasteiger partial charge in [0, 0.05) is 17.5 Å². The first-order chi connectivity index (χ1) is 14.7. The predicted molar refractivity (Wildman–Crippen MR) is 123 cm³/mol. The highest BCUT2D eigenvalue weighted by Gasteiger charge is 2.35. The minimum Gasteiger partial charge on any atom is -0.321 e. The summed E-state index contributed by atoms with van der Waals surface area (Å²) in [5.41, 5.74) is 3.55. The van der Waals surface area contributed by atoms with Crippen LogP contribution in [-0.2, 0) is 5.54 Å². The van der Waals surface area contributed by atoms with Crippen LogP contribution in [0.3, 0.4) is 0 Å². The Morgan fingerprint density at radius 3 is 2.71 bits per heavy atom. The second-order valence-corrected chi connectivity index (χ2v) is 9.80. The molecule has 3 aromatic rings. The molecule has 1 saturated heterocycles. The van der Waals surface area contributed by atoms with Crippen molar-refractivity contribution in [3.63, 3.8) is 0 Å². The number of aryl methyl sites for hydroxylation is 2. The van der Waals surface area contributed by atoms with Gasteiger partial charge in [0.2, 0.25) is 0 Å². The molecule has 1 aliphatic rings. The second-order valence-electron chi connectivity index (χ2n) is 9.80. The van der Waals surface area contributed by atoms with E-state index >= 15 is 0 Å². The van der Waals surface area contributed by atoms with Crippen molar-refractivity contribution >= 4 is 10.9 Å². The number of aromatic nitrogens is 5. The second kappa shape index (κ2) is 8.19. The smallest absolute Gasteiger partial charge is 0.253 e. The molecular formula is C24H34N6O. The van der Waals surface area contributed by atoms with Gasteiger partial charge in [-0.3, -0.25) is 9.69 Å². The van der Waals surface area contributed by atoms with Crippen molar-refractivity contribution in [2.75, 3.05) is 13.1 Å². The van der Waals surface area contributed by atoms with Gasteiger partial charge < -0.3 is 4.98 Å². The molecule has 31 heavy (non-hydrogen) atoms. The average molecular weight is 423 g/mol. The maximum Gasteiger partial charge on any atom is 0.253 e. The summed E-state index contributed by atoms with van der Waals surface area (Å²) >= 11 is 0. The molecule has 1 fully saturated rings. The van der Waals surface area contributed by atoms with Crippen molar-refractivity contribution < 1.29 is 0 Å². The summed E-state index contributed by atoms with van der Waals surface area (Å²) in [6, 6.07) is 5.96. The number of fused-ring (bicyclic) bond motifs is 1. The Morgan fingerprint density at radius 1 is 1.26 bits per heavy atom. The lowest BCUT2D eigenvalue weighted by molar-refractivity contribution is 0.135. The summed E-state index contributed by atoms with van der Waals surface area (Å²) in [4.78, 5) is 19.0. The van der Waals surface area contributed by atoms with Gasteiger partial charge in [0.25, 0.3) is 5.56 Å². The molecule has 0 aliphatic carbocycles. The lowest BCUT2D eigenvalue weighted by Gasteiger charge is -2.37. The standard InChI is InChI=1S/C24H34N6O/c1-7-24(5,6)30-22(26-27-28-30)21(29-12-8-9-15(2)14-29)19-13-18-16(3)10-11-17(4)20(18)25-23(19)31/h10-11,13,15,21H,7-9,12,14H2,1-6H3,(H,25,31)/t15-,21-/m1/s1. The number of nitrogens with zero attached hydrogens (tertiary/aromatic N) is 5. The van der Waals surface area contributed by atoms with E-state index in [4.69, 9.17) is 0 Å². The van der Waals surface area contributed by atoms with Crippen molar-refractivity contribution in [1.29, 1.82) is 0 Å². The van der Waals surface area contributed by atoms with Crippen molar-refractivity contribution in [2.24, 2.45) is 5.92 Å². The highest BCUT2D eigenvalue weighted by Crippen LogP contribution is 2.33. The highest BCUT2D eigenvalue weighted by atomic mass is 16.1. The summed E-state index contributed by atoms with van der Waals surface area (Å²) in [6.07, 6.45) is 3.21. The molecule has 4 rings (SSSR count). The maximum atomic E-state index is 13.4. The summed E-state index contributed by atoms with van der Waals surface area (Å²) in [5.74, 6) is 1.32. The van der Waals surface area contributed by atoms with Gasteiger partial charge >= 0.3 is 0 Å². The van der Waals surface area contributed by atoms with Gasteiger partial charge in [-0.1, -0.05) is 26.0 Å². The number of H-pyrrole nitrogens is 1. The molecule has 166 valence electrons. The van der Waals surface area contributed by atoms with Crippen LogP contribution in [0, 0.1) is 19.8 Å². The van der Waals surface area contributed by atoms with Crippen LogP contribution in [0.4, 0.5) is 0 Å². The van der Waals surface area contributed by atoms with Crippen LogP contribution in [0.5, 0.6) is 0 Å². The Labute approximate surface area is 183 Å². The van der Waals surface area contributed by atoms with Crippen LogP contribution in [-0.4, -0.2) is 43.2 Å². The van der Waals surface area contributed by atoms with Crippen molar-refractivity contribution in [1.82, 2.24) is 30.1 Å². The number of aromatic amines is 1. The topological polar surface area (TPSA) is 79.7 Å². The largest absolute Gasteiger partial charge is 0.321 e. The fraction of sp³-hybridized carbons (Fsp3) is 0.583. The number of nitrogens with one attached hydrogen (secondary N) is 1. The Morgan fingerprint density at radius 2 is 2.00 bits per heavy atom. The molecule has 1 N–H and O–H groups in total. The SMILES string of the molecule is CCC(C)(C)n1nnnc1[C@@H](c1cc2c(C)ccc(C)c2[nH]c1=O)N1CCC[C@@H](C)C1. The first-order valence-electron chi connectivity index (χ1n) is 11.4. The quantitative estimate of drug-likeness (QED) is 0.670. The summed E-state index contributed by atoms with van der Waals surface area (Å²) in [5, 5.41) is 14.0. The zero-order chi connectivity index (χ0) is 22.3. The lowest BCUT2D eigenvalue weighted by Crippen LogP contribution is -2.42. The highest BCUT2D eigenvalue weighted by molar-refractivity contribution is 5.85. The van der Waals surface area contributed by atoms with E-state index in [1.54, 1.807) is 0 Å². The Balaban J connectivity index is 1.95. The van der Waals surface area contributed by atoms with Gasteiger partial charge in [0.05, 0.1) is 11.1 Å². The maximum absolute atomic E-state index is 13.4. The molecule has 1 aliphatic heterocycles. The van der Waals surface area contributed by atoms with E-state index in [2.05, 4.69) is 78.2 Å². The molecule has 3 heterocycles. The van der Waals surface area contributed by atoms with Gasteiger partial charge in [0.1, 0.15) is 6.04 Å². The van der Waals surface area contributed by atoms with Gasteiger partial charge in [-0.05, 0) is 87.0 Å². The van der Waals surface area contributed by atoms with Crippen LogP contribution < -0.4 is 5.56 Å². The Hall–Kier alpha value is -2.54. The van der Waals surface area contributed by atoms with Gasteiger partial charge in [-0.25, -0.2) is 4.68 Å². The van der Waals surface area contributed by atoms with E-state index in [0.717, 1.165) is 59.3 Å². The number of pyridine rings is 1. The van der Waals surface area contributed by atoms with Crippen LogP contribution in [0.15, 0.2) is 23.0 Å². The molecule has 0 bridgehead atoms. The van der Waals surface area contributed by atoms with Crippen LogP contribution in [0.2, 0.25) is 0 Å². The van der Waals surface area contributed by atoms with Crippen molar-refractivity contribution in [3.8, 4) is 0 Å². The molecule has 0 radical (unpaired) electrons. The normalized spacial score (nSPS) is 19.1. The number of rotatable bonds is 5. The first kappa shape index (κ1) is 21.7. The molecular weight excluding hydrogens is 388 g/mol. The zero-order valence-corrected chi connectivity index (χ0v) is 19.6. The molecule has 7 nitrogen and oxygen atoms in total. The summed E-state index contributed by atoms with van der Waals surface area (Å²) in [7, 11) is 0. The zero-order valence-electron chi connectivity index (χ0n) is 19.6. The van der Waals surface area contributed by atoms with Crippen molar-refractivity contribution in [3.05, 3.63) is 51.1 Å². The molecule has 7 heteroatoms. The molecule has 0 saturated carbocycles. The summed E-state index contributed by atoms with van der Waals surface area (Å²) < 4.78 is 1.92. The predicted octanol–water partition coefficient (Wildman–Crippen LogP) is 4.10. The third kappa shape index (κ3) is 3.91. The van der Waals surface area contributed by atoms with E-state index < -0.39 is 0 Å². The lowest BCUT2D eigenvalue weighted by atomic mass is 9.94. The van der Waals surface area contributed by atoms with Crippen molar-refractivity contribution in [2.45, 2.75) is 72.4 Å². The monoisotopic (exact) mass is 422 g/mol. The number of benzene rings is 1. The van der Waals surface area contributed by atoms with E-state index in [0.29, 0.717) is 5.92 Å². The van der Waals surface area contributed by atoms with Crippen LogP contribution in [0.25, 0.3) is 10.9 Å². The van der Waals surface area contributed by atoms with Gasteiger partial charge in [0.15, 0.2) is 5.82 Å². The molecule has 0 amide bonds. The minimum atomic E-state index is -0.281. The number of likely N-dealkylation sites (tertiary alicyclic amines) is 1. The van der Waals surface area contributed by atoms with Crippen LogP contribution in [0.1, 0.15) is 75.5 Å². The third-order valence-corrected chi connectivity index (χ3v) is 7.00. The van der Waals surface area contributed by atoms with Gasteiger partial charge in [-0.2, -0.15) is 0 Å². The minimum absolute atomic E-state index is 0.0618. The molecule has 0 unspecified atom stereocenters. The molecule has 0 spiro atoms. The molecule has 2 aromatic heterocycles. The van der Waals surface area contributed by atoms with E-state index in [1.165, 1.54) is 6.42 Å². The van der Waals surface area contributed by atoms with Crippen LogP contribution >= 0.6 is 0 Å².